The van der Waals surface area contributed by atoms with Crippen LogP contribution in [-0.4, -0.2) is 5.11 Å². The molecule has 0 spiro atoms. The van der Waals surface area contributed by atoms with E-state index in [1.807, 2.05) is 36.4 Å². The fraction of sp³-hybridized carbons (Fsp3) is 0. The van der Waals surface area contributed by atoms with Crippen LogP contribution in [0, 0.1) is 11.3 Å². The summed E-state index contributed by atoms with van der Waals surface area (Å²) in [6.45, 7) is 0. The van der Waals surface area contributed by atoms with E-state index in [1.165, 1.54) is 6.07 Å². The molecular weight excluding hydrogens is 200 g/mol. The van der Waals surface area contributed by atoms with Crippen molar-refractivity contribution in [1.29, 1.82) is 5.26 Å². The van der Waals surface area contributed by atoms with E-state index in [-0.39, 0.29) is 5.75 Å². The van der Waals surface area contributed by atoms with Crippen molar-refractivity contribution in [2.24, 2.45) is 0 Å². The van der Waals surface area contributed by atoms with Gasteiger partial charge < -0.3 is 10.4 Å². The molecule has 3 nitrogen and oxygen atoms in total. The number of nitrogens with zero attached hydrogens (tertiary/aromatic N) is 1. The number of hydrogen-bond donors (Lipinski definition) is 2. The SMILES string of the molecule is N#Cc1ccc(Nc2ccccc2)c(O)c1. The predicted molar refractivity (Wildman–Crippen MR) is 62.5 cm³/mol. The molecule has 78 valence electrons. The van der Waals surface area contributed by atoms with E-state index in [4.69, 9.17) is 5.26 Å². The van der Waals surface area contributed by atoms with Crippen molar-refractivity contribution >= 4 is 11.4 Å². The Hall–Kier alpha value is -2.47. The first kappa shape index (κ1) is 10.1. The van der Waals surface area contributed by atoms with E-state index in [2.05, 4.69) is 5.32 Å². The standard InChI is InChI=1S/C13H10N2O/c14-9-10-6-7-12(13(16)8-10)15-11-4-2-1-3-5-11/h1-8,15-16H. The summed E-state index contributed by atoms with van der Waals surface area (Å²) >= 11 is 0. The molecule has 0 aliphatic heterocycles. The molecule has 0 heterocycles. The molecule has 2 aromatic rings. The number of para-hydroxylation sites is 1. The van der Waals surface area contributed by atoms with Gasteiger partial charge in [0.15, 0.2) is 0 Å². The number of benzene rings is 2. The topological polar surface area (TPSA) is 56.0 Å². The molecule has 0 atom stereocenters. The molecule has 0 saturated carbocycles. The third kappa shape index (κ3) is 2.12. The third-order valence-electron chi connectivity index (χ3n) is 2.18. The fourth-order valence-electron chi connectivity index (χ4n) is 1.38. The van der Waals surface area contributed by atoms with Crippen molar-refractivity contribution in [2.45, 2.75) is 0 Å². The number of hydrogen-bond acceptors (Lipinski definition) is 3. The number of nitrogens with one attached hydrogen (secondary N) is 1. The lowest BCUT2D eigenvalue weighted by Gasteiger charge is -2.08. The molecule has 0 unspecified atom stereocenters. The fourth-order valence-corrected chi connectivity index (χ4v) is 1.38. The summed E-state index contributed by atoms with van der Waals surface area (Å²) in [5, 5.41) is 21.4. The summed E-state index contributed by atoms with van der Waals surface area (Å²) in [7, 11) is 0. The zero-order chi connectivity index (χ0) is 11.4. The normalized spacial score (nSPS) is 9.44. The predicted octanol–water partition coefficient (Wildman–Crippen LogP) is 3.01. The van der Waals surface area contributed by atoms with Crippen LogP contribution in [0.2, 0.25) is 0 Å². The van der Waals surface area contributed by atoms with Gasteiger partial charge in [-0.1, -0.05) is 18.2 Å². The van der Waals surface area contributed by atoms with Crippen molar-refractivity contribution in [3.63, 3.8) is 0 Å². The summed E-state index contributed by atoms with van der Waals surface area (Å²) in [6, 6.07) is 16.3. The molecule has 0 amide bonds. The van der Waals surface area contributed by atoms with Crippen LogP contribution in [0.25, 0.3) is 0 Å². The van der Waals surface area contributed by atoms with E-state index in [9.17, 15) is 5.11 Å². The first-order valence-electron chi connectivity index (χ1n) is 4.85. The van der Waals surface area contributed by atoms with Crippen molar-refractivity contribution in [3.05, 3.63) is 54.1 Å². The molecule has 16 heavy (non-hydrogen) atoms. The second kappa shape index (κ2) is 4.37. The van der Waals surface area contributed by atoms with Crippen LogP contribution in [0.4, 0.5) is 11.4 Å². The minimum Gasteiger partial charge on any atom is -0.506 e. The minimum atomic E-state index is 0.0721. The van der Waals surface area contributed by atoms with Gasteiger partial charge in [0.05, 0.1) is 17.3 Å². The second-order valence-electron chi connectivity index (χ2n) is 3.33. The Kier molecular flexibility index (Phi) is 2.75. The third-order valence-corrected chi connectivity index (χ3v) is 2.18. The largest absolute Gasteiger partial charge is 0.506 e. The van der Waals surface area contributed by atoms with Gasteiger partial charge in [-0.3, -0.25) is 0 Å². The Balaban J connectivity index is 2.27. The van der Waals surface area contributed by atoms with Crippen LogP contribution in [-0.2, 0) is 0 Å². The smallest absolute Gasteiger partial charge is 0.140 e. The number of nitriles is 1. The highest BCUT2D eigenvalue weighted by Crippen LogP contribution is 2.27. The zero-order valence-corrected chi connectivity index (χ0v) is 8.51. The van der Waals surface area contributed by atoms with Gasteiger partial charge >= 0.3 is 0 Å². The highest BCUT2D eigenvalue weighted by Gasteiger charge is 2.02. The van der Waals surface area contributed by atoms with Crippen LogP contribution in [0.3, 0.4) is 0 Å². The Morgan fingerprint density at radius 3 is 2.44 bits per heavy atom. The van der Waals surface area contributed by atoms with E-state index < -0.39 is 0 Å². The Morgan fingerprint density at radius 1 is 1.06 bits per heavy atom. The molecule has 2 N–H and O–H groups in total. The van der Waals surface area contributed by atoms with Crippen molar-refractivity contribution in [1.82, 2.24) is 0 Å². The van der Waals surface area contributed by atoms with Crippen LogP contribution >= 0.6 is 0 Å². The summed E-state index contributed by atoms with van der Waals surface area (Å²) in [5.74, 6) is 0.0721. The summed E-state index contributed by atoms with van der Waals surface area (Å²) in [4.78, 5) is 0. The average Bonchev–Trinajstić information content (AvgIpc) is 2.33. The van der Waals surface area contributed by atoms with Gasteiger partial charge in [0.25, 0.3) is 0 Å². The van der Waals surface area contributed by atoms with Gasteiger partial charge in [0.1, 0.15) is 5.75 Å². The van der Waals surface area contributed by atoms with E-state index >= 15 is 0 Å². The maximum Gasteiger partial charge on any atom is 0.140 e. The lowest BCUT2D eigenvalue weighted by Crippen LogP contribution is -1.90. The molecule has 2 aromatic carbocycles. The molecule has 0 aromatic heterocycles. The molecule has 0 fully saturated rings. The Bertz CT molecular complexity index is 529. The van der Waals surface area contributed by atoms with Crippen molar-refractivity contribution < 1.29 is 5.11 Å². The monoisotopic (exact) mass is 210 g/mol. The lowest BCUT2D eigenvalue weighted by atomic mass is 10.2. The Labute approximate surface area is 93.6 Å². The maximum absolute atomic E-state index is 9.67. The molecular formula is C13H10N2O. The summed E-state index contributed by atoms with van der Waals surface area (Å²) in [5.41, 5.74) is 1.92. The van der Waals surface area contributed by atoms with Gasteiger partial charge in [0.2, 0.25) is 0 Å². The van der Waals surface area contributed by atoms with Gasteiger partial charge in [-0.05, 0) is 30.3 Å². The van der Waals surface area contributed by atoms with E-state index in [0.29, 0.717) is 11.3 Å². The maximum atomic E-state index is 9.67. The van der Waals surface area contributed by atoms with Crippen molar-refractivity contribution in [2.75, 3.05) is 5.32 Å². The quantitative estimate of drug-likeness (QED) is 0.749. The molecule has 0 saturated heterocycles. The minimum absolute atomic E-state index is 0.0721. The van der Waals surface area contributed by atoms with Crippen LogP contribution in [0.5, 0.6) is 5.75 Å². The number of anilines is 2. The van der Waals surface area contributed by atoms with Crippen LogP contribution < -0.4 is 5.32 Å². The molecule has 0 bridgehead atoms. The van der Waals surface area contributed by atoms with Gasteiger partial charge in [-0.15, -0.1) is 0 Å². The first-order valence-corrected chi connectivity index (χ1v) is 4.85. The second-order valence-corrected chi connectivity index (χ2v) is 3.33. The molecule has 0 aliphatic carbocycles. The lowest BCUT2D eigenvalue weighted by molar-refractivity contribution is 0.477. The zero-order valence-electron chi connectivity index (χ0n) is 8.51. The molecule has 3 heteroatoms. The highest BCUT2D eigenvalue weighted by molar-refractivity contribution is 5.66. The molecule has 2 rings (SSSR count). The molecule has 0 aliphatic rings. The average molecular weight is 210 g/mol. The van der Waals surface area contributed by atoms with Crippen LogP contribution in [0.15, 0.2) is 48.5 Å². The molecule has 0 radical (unpaired) electrons. The van der Waals surface area contributed by atoms with E-state index in [0.717, 1.165) is 5.69 Å². The number of phenolic OH excluding ortho intramolecular Hbond substituents is 1. The van der Waals surface area contributed by atoms with Gasteiger partial charge in [-0.25, -0.2) is 0 Å². The Morgan fingerprint density at radius 2 is 1.81 bits per heavy atom. The van der Waals surface area contributed by atoms with Gasteiger partial charge in [-0.2, -0.15) is 5.26 Å². The summed E-state index contributed by atoms with van der Waals surface area (Å²) in [6.07, 6.45) is 0. The van der Waals surface area contributed by atoms with Gasteiger partial charge in [0, 0.05) is 5.69 Å². The number of aromatic hydroxyl groups is 1. The first-order chi connectivity index (χ1) is 7.79. The number of phenols is 1. The summed E-state index contributed by atoms with van der Waals surface area (Å²) < 4.78 is 0. The van der Waals surface area contributed by atoms with Crippen molar-refractivity contribution in [3.8, 4) is 11.8 Å². The van der Waals surface area contributed by atoms with Crippen LogP contribution in [0.1, 0.15) is 5.56 Å². The highest BCUT2D eigenvalue weighted by atomic mass is 16.3. The van der Waals surface area contributed by atoms with E-state index in [1.54, 1.807) is 12.1 Å². The number of rotatable bonds is 2.